The van der Waals surface area contributed by atoms with E-state index in [4.69, 9.17) is 5.11 Å². The molecule has 6 heteroatoms. The second-order valence-electron chi connectivity index (χ2n) is 5.25. The van der Waals surface area contributed by atoms with Gasteiger partial charge in [0.1, 0.15) is 0 Å². The molecule has 2 N–H and O–H groups in total. The van der Waals surface area contributed by atoms with Crippen molar-refractivity contribution in [3.05, 3.63) is 0 Å². The average molecular weight is 270 g/mol. The van der Waals surface area contributed by atoms with Crippen molar-refractivity contribution in [2.75, 3.05) is 20.1 Å². The fourth-order valence-electron chi connectivity index (χ4n) is 2.46. The fraction of sp³-hybridized carbons (Fsp3) is 0.769. The number of amides is 2. The third-order valence-electron chi connectivity index (χ3n) is 3.77. The van der Waals surface area contributed by atoms with Crippen molar-refractivity contribution < 1.29 is 19.5 Å². The molecule has 2 amide bonds. The van der Waals surface area contributed by atoms with Gasteiger partial charge in [-0.15, -0.1) is 0 Å². The van der Waals surface area contributed by atoms with Crippen molar-refractivity contribution in [2.24, 2.45) is 17.8 Å². The zero-order chi connectivity index (χ0) is 14.6. The molecule has 0 spiro atoms. The van der Waals surface area contributed by atoms with Crippen LogP contribution in [0.3, 0.4) is 0 Å². The maximum atomic E-state index is 12.0. The van der Waals surface area contributed by atoms with Crippen LogP contribution in [-0.2, 0) is 14.4 Å². The molecule has 0 heterocycles. The third kappa shape index (κ3) is 3.94. The number of rotatable bonds is 5. The highest BCUT2D eigenvalue weighted by Crippen LogP contribution is 2.36. The molecule has 1 fully saturated rings. The number of carbonyl (C=O) groups excluding carboxylic acids is 2. The van der Waals surface area contributed by atoms with Gasteiger partial charge >= 0.3 is 5.97 Å². The van der Waals surface area contributed by atoms with Gasteiger partial charge in [-0.05, 0) is 25.7 Å². The summed E-state index contributed by atoms with van der Waals surface area (Å²) < 4.78 is 0. The SMILES string of the molecule is CCN(C)C(=O)CNC(=O)C1CC(C)CC1C(=O)O. The summed E-state index contributed by atoms with van der Waals surface area (Å²) in [4.78, 5) is 36.1. The van der Waals surface area contributed by atoms with Crippen LogP contribution >= 0.6 is 0 Å². The Bertz CT molecular complexity index is 370. The normalized spacial score (nSPS) is 25.9. The molecule has 0 aromatic rings. The zero-order valence-corrected chi connectivity index (χ0v) is 11.7. The van der Waals surface area contributed by atoms with Crippen molar-refractivity contribution in [3.8, 4) is 0 Å². The van der Waals surface area contributed by atoms with Gasteiger partial charge in [0.2, 0.25) is 11.8 Å². The Balaban J connectivity index is 2.53. The molecule has 19 heavy (non-hydrogen) atoms. The van der Waals surface area contributed by atoms with Crippen molar-refractivity contribution >= 4 is 17.8 Å². The van der Waals surface area contributed by atoms with E-state index in [1.165, 1.54) is 4.90 Å². The van der Waals surface area contributed by atoms with Gasteiger partial charge in [0.25, 0.3) is 0 Å². The van der Waals surface area contributed by atoms with Crippen LogP contribution in [0, 0.1) is 17.8 Å². The Labute approximate surface area is 113 Å². The first kappa shape index (κ1) is 15.5. The minimum atomic E-state index is -0.929. The van der Waals surface area contributed by atoms with E-state index in [-0.39, 0.29) is 24.3 Å². The molecule has 0 aliphatic heterocycles. The highest BCUT2D eigenvalue weighted by Gasteiger charge is 2.41. The van der Waals surface area contributed by atoms with Gasteiger partial charge in [0, 0.05) is 13.6 Å². The fourth-order valence-corrected chi connectivity index (χ4v) is 2.46. The number of aliphatic carboxylic acids is 1. The Morgan fingerprint density at radius 1 is 1.26 bits per heavy atom. The second kappa shape index (κ2) is 6.54. The predicted octanol–water partition coefficient (Wildman–Crippen LogP) is 0.328. The molecular weight excluding hydrogens is 248 g/mol. The van der Waals surface area contributed by atoms with Crippen LogP contribution in [0.4, 0.5) is 0 Å². The van der Waals surface area contributed by atoms with Crippen LogP contribution in [0.1, 0.15) is 26.7 Å². The lowest BCUT2D eigenvalue weighted by Crippen LogP contribution is -2.42. The Morgan fingerprint density at radius 2 is 1.84 bits per heavy atom. The molecule has 1 aliphatic rings. The van der Waals surface area contributed by atoms with Gasteiger partial charge in [-0.1, -0.05) is 6.92 Å². The van der Waals surface area contributed by atoms with Crippen molar-refractivity contribution in [1.82, 2.24) is 10.2 Å². The molecule has 0 aromatic heterocycles. The molecule has 0 aromatic carbocycles. The smallest absolute Gasteiger partial charge is 0.307 e. The van der Waals surface area contributed by atoms with Gasteiger partial charge in [0.05, 0.1) is 18.4 Å². The van der Waals surface area contributed by atoms with E-state index in [0.29, 0.717) is 19.4 Å². The highest BCUT2D eigenvalue weighted by molar-refractivity contribution is 5.88. The van der Waals surface area contributed by atoms with Gasteiger partial charge in [-0.3, -0.25) is 14.4 Å². The summed E-state index contributed by atoms with van der Waals surface area (Å²) in [5.41, 5.74) is 0. The number of nitrogens with zero attached hydrogens (tertiary/aromatic N) is 1. The number of carboxylic acids is 1. The average Bonchev–Trinajstić information content (AvgIpc) is 2.76. The highest BCUT2D eigenvalue weighted by atomic mass is 16.4. The molecule has 0 radical (unpaired) electrons. The summed E-state index contributed by atoms with van der Waals surface area (Å²) in [6, 6.07) is 0. The van der Waals surface area contributed by atoms with Crippen LogP contribution in [0.25, 0.3) is 0 Å². The van der Waals surface area contributed by atoms with Crippen LogP contribution in [0.5, 0.6) is 0 Å². The van der Waals surface area contributed by atoms with E-state index in [1.807, 2.05) is 13.8 Å². The summed E-state index contributed by atoms with van der Waals surface area (Å²) in [5, 5.41) is 11.7. The second-order valence-corrected chi connectivity index (χ2v) is 5.25. The topological polar surface area (TPSA) is 86.7 Å². The molecule has 1 aliphatic carbocycles. The molecule has 6 nitrogen and oxygen atoms in total. The van der Waals surface area contributed by atoms with E-state index >= 15 is 0 Å². The van der Waals surface area contributed by atoms with Gasteiger partial charge in [0.15, 0.2) is 0 Å². The molecule has 3 unspecified atom stereocenters. The summed E-state index contributed by atoms with van der Waals surface area (Å²) in [6.45, 7) is 4.30. The lowest BCUT2D eigenvalue weighted by Gasteiger charge is -2.18. The maximum Gasteiger partial charge on any atom is 0.307 e. The largest absolute Gasteiger partial charge is 0.481 e. The molecule has 108 valence electrons. The number of carbonyl (C=O) groups is 3. The number of carboxylic acid groups (broad SMARTS) is 1. The van der Waals surface area contributed by atoms with Crippen molar-refractivity contribution in [1.29, 1.82) is 0 Å². The van der Waals surface area contributed by atoms with Crippen LogP contribution in [0.15, 0.2) is 0 Å². The van der Waals surface area contributed by atoms with E-state index in [1.54, 1.807) is 7.05 Å². The minimum absolute atomic E-state index is 0.0691. The zero-order valence-electron chi connectivity index (χ0n) is 11.7. The molecule has 1 rings (SSSR count). The molecular formula is C13H22N2O4. The standard InChI is InChI=1S/C13H22N2O4/c1-4-15(3)11(16)7-14-12(17)9-5-8(2)6-10(9)13(18)19/h8-10H,4-7H2,1-3H3,(H,14,17)(H,18,19). The summed E-state index contributed by atoms with van der Waals surface area (Å²) in [7, 11) is 1.66. The first-order valence-electron chi connectivity index (χ1n) is 6.61. The maximum absolute atomic E-state index is 12.0. The Morgan fingerprint density at radius 3 is 2.37 bits per heavy atom. The third-order valence-corrected chi connectivity index (χ3v) is 3.77. The minimum Gasteiger partial charge on any atom is -0.481 e. The first-order chi connectivity index (χ1) is 8.86. The molecule has 3 atom stereocenters. The molecule has 0 bridgehead atoms. The van der Waals surface area contributed by atoms with Gasteiger partial charge < -0.3 is 15.3 Å². The molecule has 0 saturated heterocycles. The van der Waals surface area contributed by atoms with E-state index < -0.39 is 17.8 Å². The Hall–Kier alpha value is -1.59. The lowest BCUT2D eigenvalue weighted by molar-refractivity contribution is -0.146. The summed E-state index contributed by atoms with van der Waals surface area (Å²) >= 11 is 0. The quantitative estimate of drug-likeness (QED) is 0.753. The van der Waals surface area contributed by atoms with Crippen LogP contribution < -0.4 is 5.32 Å². The Kier molecular flexibility index (Phi) is 5.32. The van der Waals surface area contributed by atoms with Crippen molar-refractivity contribution in [2.45, 2.75) is 26.7 Å². The van der Waals surface area contributed by atoms with E-state index in [2.05, 4.69) is 5.32 Å². The summed E-state index contributed by atoms with van der Waals surface area (Å²) in [5.74, 6) is -2.35. The summed E-state index contributed by atoms with van der Waals surface area (Å²) in [6.07, 6.45) is 1.09. The predicted molar refractivity (Wildman–Crippen MR) is 69.3 cm³/mol. The number of hydrogen-bond acceptors (Lipinski definition) is 3. The number of likely N-dealkylation sites (N-methyl/N-ethyl adjacent to an activating group) is 1. The van der Waals surface area contributed by atoms with Crippen molar-refractivity contribution in [3.63, 3.8) is 0 Å². The van der Waals surface area contributed by atoms with E-state index in [0.717, 1.165) is 0 Å². The first-order valence-corrected chi connectivity index (χ1v) is 6.61. The number of nitrogens with one attached hydrogen (secondary N) is 1. The van der Waals surface area contributed by atoms with Gasteiger partial charge in [-0.2, -0.15) is 0 Å². The van der Waals surface area contributed by atoms with E-state index in [9.17, 15) is 14.4 Å². The van der Waals surface area contributed by atoms with Crippen LogP contribution in [-0.4, -0.2) is 47.9 Å². The monoisotopic (exact) mass is 270 g/mol. The number of hydrogen-bond donors (Lipinski definition) is 2. The lowest BCUT2D eigenvalue weighted by atomic mass is 9.95. The van der Waals surface area contributed by atoms with Crippen LogP contribution in [0.2, 0.25) is 0 Å². The van der Waals surface area contributed by atoms with Gasteiger partial charge in [-0.25, -0.2) is 0 Å². The molecule has 1 saturated carbocycles.